The van der Waals surface area contributed by atoms with Crippen LogP contribution in [0, 0.1) is 0 Å². The van der Waals surface area contributed by atoms with E-state index < -0.39 is 0 Å². The van der Waals surface area contributed by atoms with Gasteiger partial charge in [0.1, 0.15) is 0 Å². The summed E-state index contributed by atoms with van der Waals surface area (Å²) in [6.45, 7) is 1.11. The van der Waals surface area contributed by atoms with Crippen molar-refractivity contribution in [2.45, 2.75) is 25.3 Å². The van der Waals surface area contributed by atoms with Crippen molar-refractivity contribution in [2.24, 2.45) is 0 Å². The minimum atomic E-state index is 0.423. The second-order valence-corrected chi connectivity index (χ2v) is 5.51. The first-order valence-electron chi connectivity index (χ1n) is 7.11. The lowest BCUT2D eigenvalue weighted by Gasteiger charge is -2.20. The predicted molar refractivity (Wildman–Crippen MR) is 79.8 cm³/mol. The van der Waals surface area contributed by atoms with Gasteiger partial charge in [0.15, 0.2) is 0 Å². The molecule has 2 aromatic carbocycles. The summed E-state index contributed by atoms with van der Waals surface area (Å²) in [5, 5.41) is 7.15. The molecular formula is C17H18N2. The molecular weight excluding hydrogens is 232 g/mol. The Morgan fingerprint density at radius 1 is 0.947 bits per heavy atom. The number of anilines is 2. The molecule has 0 amide bonds. The molecule has 2 nitrogen and oxygen atoms in total. The number of hydrogen-bond donors (Lipinski definition) is 2. The second-order valence-electron chi connectivity index (χ2n) is 5.51. The predicted octanol–water partition coefficient (Wildman–Crippen LogP) is 3.75. The van der Waals surface area contributed by atoms with Crippen LogP contribution in [0.15, 0.2) is 42.5 Å². The topological polar surface area (TPSA) is 24.1 Å². The molecule has 1 atom stereocenters. The van der Waals surface area contributed by atoms with Gasteiger partial charge in [-0.25, -0.2) is 0 Å². The maximum atomic E-state index is 3.63. The highest BCUT2D eigenvalue weighted by molar-refractivity contribution is 5.61. The molecule has 2 aromatic rings. The maximum absolute atomic E-state index is 3.63. The van der Waals surface area contributed by atoms with Gasteiger partial charge in [-0.1, -0.05) is 30.3 Å². The Labute approximate surface area is 113 Å². The van der Waals surface area contributed by atoms with E-state index in [2.05, 4.69) is 53.1 Å². The van der Waals surface area contributed by atoms with Crippen LogP contribution in [-0.4, -0.2) is 6.54 Å². The Balaban J connectivity index is 1.64. The first kappa shape index (κ1) is 10.9. The second kappa shape index (κ2) is 4.30. The lowest BCUT2D eigenvalue weighted by atomic mass is 9.97. The molecule has 2 heterocycles. The Bertz CT molecular complexity index is 593. The van der Waals surface area contributed by atoms with Crippen LogP contribution >= 0.6 is 0 Å². The number of aryl methyl sites for hydroxylation is 1. The van der Waals surface area contributed by atoms with Crippen LogP contribution in [0.25, 0.3) is 0 Å². The standard InChI is InChI=1S/C17H18N2/c1-2-6-15-13(4-1)11-17(19-15)14-8-7-12-5-3-9-18-16(12)10-14/h1-2,4,6-8,10,17-19H,3,5,9,11H2. The van der Waals surface area contributed by atoms with Crippen LogP contribution in [-0.2, 0) is 12.8 Å². The van der Waals surface area contributed by atoms with Gasteiger partial charge in [0, 0.05) is 17.9 Å². The van der Waals surface area contributed by atoms with Crippen LogP contribution in [0.2, 0.25) is 0 Å². The van der Waals surface area contributed by atoms with Gasteiger partial charge in [0.05, 0.1) is 6.04 Å². The zero-order valence-electron chi connectivity index (χ0n) is 10.9. The summed E-state index contributed by atoms with van der Waals surface area (Å²) in [5.41, 5.74) is 6.91. The van der Waals surface area contributed by atoms with E-state index in [1.165, 1.54) is 40.9 Å². The Morgan fingerprint density at radius 2 is 1.89 bits per heavy atom. The van der Waals surface area contributed by atoms with E-state index in [9.17, 15) is 0 Å². The molecule has 0 saturated carbocycles. The van der Waals surface area contributed by atoms with Crippen LogP contribution in [0.1, 0.15) is 29.2 Å². The summed E-state index contributed by atoms with van der Waals surface area (Å²) in [5.74, 6) is 0. The SMILES string of the molecule is c1ccc2c(c1)CC(c1ccc3c(c1)NCCC3)N2. The third-order valence-electron chi connectivity index (χ3n) is 4.25. The number of benzene rings is 2. The fraction of sp³-hybridized carbons (Fsp3) is 0.294. The molecule has 0 radical (unpaired) electrons. The van der Waals surface area contributed by atoms with Crippen molar-refractivity contribution in [3.8, 4) is 0 Å². The third kappa shape index (κ3) is 1.88. The minimum absolute atomic E-state index is 0.423. The molecule has 0 aromatic heterocycles. The largest absolute Gasteiger partial charge is 0.385 e. The van der Waals surface area contributed by atoms with Gasteiger partial charge < -0.3 is 10.6 Å². The van der Waals surface area contributed by atoms with E-state index in [4.69, 9.17) is 0 Å². The van der Waals surface area contributed by atoms with E-state index in [0.29, 0.717) is 6.04 Å². The average molecular weight is 250 g/mol. The molecule has 0 aliphatic carbocycles. The van der Waals surface area contributed by atoms with Crippen LogP contribution in [0.5, 0.6) is 0 Å². The first-order chi connectivity index (χ1) is 9.40. The number of para-hydroxylation sites is 1. The zero-order chi connectivity index (χ0) is 12.7. The summed E-state index contributed by atoms with van der Waals surface area (Å²) in [6.07, 6.45) is 3.55. The smallest absolute Gasteiger partial charge is 0.0555 e. The highest BCUT2D eigenvalue weighted by Crippen LogP contribution is 2.35. The highest BCUT2D eigenvalue weighted by atomic mass is 15.0. The van der Waals surface area contributed by atoms with Gasteiger partial charge in [-0.05, 0) is 48.1 Å². The number of hydrogen-bond acceptors (Lipinski definition) is 2. The van der Waals surface area contributed by atoms with Gasteiger partial charge in [0.25, 0.3) is 0 Å². The molecule has 0 saturated heterocycles. The van der Waals surface area contributed by atoms with Crippen LogP contribution in [0.3, 0.4) is 0 Å². The van der Waals surface area contributed by atoms with Crippen molar-refractivity contribution in [1.29, 1.82) is 0 Å². The molecule has 4 rings (SSSR count). The van der Waals surface area contributed by atoms with Crippen LogP contribution < -0.4 is 10.6 Å². The number of fused-ring (bicyclic) bond motifs is 2. The summed E-state index contributed by atoms with van der Waals surface area (Å²) < 4.78 is 0. The zero-order valence-corrected chi connectivity index (χ0v) is 10.9. The van der Waals surface area contributed by atoms with Gasteiger partial charge in [-0.15, -0.1) is 0 Å². The highest BCUT2D eigenvalue weighted by Gasteiger charge is 2.22. The van der Waals surface area contributed by atoms with E-state index >= 15 is 0 Å². The first-order valence-corrected chi connectivity index (χ1v) is 7.11. The Hall–Kier alpha value is -1.96. The number of nitrogens with one attached hydrogen (secondary N) is 2. The summed E-state index contributed by atoms with van der Waals surface area (Å²) >= 11 is 0. The number of rotatable bonds is 1. The lowest BCUT2D eigenvalue weighted by Crippen LogP contribution is -2.13. The summed E-state index contributed by atoms with van der Waals surface area (Å²) in [6, 6.07) is 16.0. The molecule has 2 aliphatic heterocycles. The quantitative estimate of drug-likeness (QED) is 0.805. The van der Waals surface area contributed by atoms with Gasteiger partial charge in [0.2, 0.25) is 0 Å². The Kier molecular flexibility index (Phi) is 2.47. The molecule has 2 heteroatoms. The van der Waals surface area contributed by atoms with Gasteiger partial charge in [-0.2, -0.15) is 0 Å². The monoisotopic (exact) mass is 250 g/mol. The van der Waals surface area contributed by atoms with Crippen molar-refractivity contribution in [3.63, 3.8) is 0 Å². The molecule has 0 spiro atoms. The molecule has 19 heavy (non-hydrogen) atoms. The molecule has 0 fully saturated rings. The van der Waals surface area contributed by atoms with E-state index in [1.54, 1.807) is 0 Å². The van der Waals surface area contributed by atoms with E-state index in [1.807, 2.05) is 0 Å². The van der Waals surface area contributed by atoms with Gasteiger partial charge in [-0.3, -0.25) is 0 Å². The van der Waals surface area contributed by atoms with Crippen LogP contribution in [0.4, 0.5) is 11.4 Å². The van der Waals surface area contributed by atoms with Crippen molar-refractivity contribution in [1.82, 2.24) is 0 Å². The molecule has 0 bridgehead atoms. The normalized spacial score (nSPS) is 20.1. The molecule has 1 unspecified atom stereocenters. The summed E-state index contributed by atoms with van der Waals surface area (Å²) in [4.78, 5) is 0. The molecule has 96 valence electrons. The molecule has 2 aliphatic rings. The Morgan fingerprint density at radius 3 is 2.84 bits per heavy atom. The molecule has 2 N–H and O–H groups in total. The van der Waals surface area contributed by atoms with E-state index in [-0.39, 0.29) is 0 Å². The fourth-order valence-electron chi connectivity index (χ4n) is 3.19. The van der Waals surface area contributed by atoms with Crippen molar-refractivity contribution < 1.29 is 0 Å². The van der Waals surface area contributed by atoms with Gasteiger partial charge >= 0.3 is 0 Å². The fourth-order valence-corrected chi connectivity index (χ4v) is 3.19. The van der Waals surface area contributed by atoms with E-state index in [0.717, 1.165) is 13.0 Å². The minimum Gasteiger partial charge on any atom is -0.385 e. The van der Waals surface area contributed by atoms with Crippen molar-refractivity contribution in [3.05, 3.63) is 59.2 Å². The van der Waals surface area contributed by atoms with Crippen molar-refractivity contribution >= 4 is 11.4 Å². The lowest BCUT2D eigenvalue weighted by molar-refractivity contribution is 0.806. The maximum Gasteiger partial charge on any atom is 0.0555 e. The third-order valence-corrected chi connectivity index (χ3v) is 4.25. The average Bonchev–Trinajstić information content (AvgIpc) is 2.90. The van der Waals surface area contributed by atoms with Crippen molar-refractivity contribution in [2.75, 3.05) is 17.2 Å². The summed E-state index contributed by atoms with van der Waals surface area (Å²) in [7, 11) is 0.